The zero-order valence-corrected chi connectivity index (χ0v) is 28.2. The molecule has 0 aliphatic carbocycles. The van der Waals surface area contributed by atoms with Crippen LogP contribution in [0.5, 0.6) is 0 Å². The van der Waals surface area contributed by atoms with Crippen molar-refractivity contribution >= 4 is 74.5 Å². The molecule has 1 atom stereocenters. The van der Waals surface area contributed by atoms with E-state index in [1.54, 1.807) is 36.5 Å². The summed E-state index contributed by atoms with van der Waals surface area (Å²) in [7, 11) is 4.08. The number of nitrogens with one attached hydrogen (secondary N) is 4. The monoisotopic (exact) mass is 661 g/mol. The van der Waals surface area contributed by atoms with Gasteiger partial charge in [-0.1, -0.05) is 42.8 Å². The second kappa shape index (κ2) is 15.0. The molecule has 46 heavy (non-hydrogen) atoms. The summed E-state index contributed by atoms with van der Waals surface area (Å²) in [6.07, 6.45) is 2.44. The fourth-order valence-electron chi connectivity index (χ4n) is 5.01. The number of amides is 1. The van der Waals surface area contributed by atoms with Crippen molar-refractivity contribution in [3.8, 4) is 0 Å². The summed E-state index contributed by atoms with van der Waals surface area (Å²) in [6.45, 7) is 7.03. The molecule has 2 aromatic heterocycles. The van der Waals surface area contributed by atoms with E-state index in [4.69, 9.17) is 11.6 Å². The SMILES string of the molecule is CCC(CO)Nc1nc(Nc2ccc(C(=O)NCCNSc3cccc4c(N(C)C)cccc34)c(Cl)c2)c2ncn(C(C)C)c2n1. The van der Waals surface area contributed by atoms with E-state index in [1.807, 2.05) is 25.6 Å². The van der Waals surface area contributed by atoms with Gasteiger partial charge in [-0.2, -0.15) is 9.97 Å². The number of aliphatic hydroxyl groups excluding tert-OH is 1. The van der Waals surface area contributed by atoms with Crippen molar-refractivity contribution in [3.63, 3.8) is 0 Å². The van der Waals surface area contributed by atoms with Crippen molar-refractivity contribution < 1.29 is 9.90 Å². The quantitative estimate of drug-likeness (QED) is 0.0689. The highest BCUT2D eigenvalue weighted by Crippen LogP contribution is 2.32. The minimum absolute atomic E-state index is 0.0415. The Morgan fingerprint density at radius 2 is 1.85 bits per heavy atom. The molecular formula is C33H40ClN9O2S. The standard InChI is InChI=1S/C33H40ClN9O2S/c1-6-21(18-44)39-33-40-30(29-31(41-33)43(19-36-29)20(2)3)38-22-13-14-25(26(34)17-22)32(45)35-15-16-37-46-28-12-8-9-23-24(28)10-7-11-27(23)42(4)5/h7-14,17,19-21,37,44H,6,15-16,18H2,1-5H3,(H,35,45)(H2,38,39,40,41). The number of halogens is 1. The highest BCUT2D eigenvalue weighted by molar-refractivity contribution is 7.97. The molecule has 2 heterocycles. The van der Waals surface area contributed by atoms with Gasteiger partial charge in [0.05, 0.1) is 29.6 Å². The fraction of sp³-hybridized carbons (Fsp3) is 0.333. The van der Waals surface area contributed by atoms with Gasteiger partial charge in [-0.25, -0.2) is 4.98 Å². The second-order valence-electron chi connectivity index (χ2n) is 11.3. The Morgan fingerprint density at radius 3 is 2.57 bits per heavy atom. The van der Waals surface area contributed by atoms with E-state index in [0.717, 1.165) is 4.90 Å². The summed E-state index contributed by atoms with van der Waals surface area (Å²) >= 11 is 8.13. The van der Waals surface area contributed by atoms with Crippen LogP contribution in [0.3, 0.4) is 0 Å². The van der Waals surface area contributed by atoms with Gasteiger partial charge in [-0.3, -0.25) is 9.52 Å². The van der Waals surface area contributed by atoms with Gasteiger partial charge in [0.1, 0.15) is 0 Å². The van der Waals surface area contributed by atoms with E-state index in [0.29, 0.717) is 58.7 Å². The van der Waals surface area contributed by atoms with Crippen LogP contribution in [0.15, 0.2) is 65.8 Å². The molecule has 242 valence electrons. The molecule has 0 fully saturated rings. The molecule has 5 rings (SSSR count). The van der Waals surface area contributed by atoms with E-state index >= 15 is 0 Å². The van der Waals surface area contributed by atoms with E-state index in [-0.39, 0.29) is 24.6 Å². The molecule has 1 unspecified atom stereocenters. The number of hydrogen-bond donors (Lipinski definition) is 5. The smallest absolute Gasteiger partial charge is 0.252 e. The average molecular weight is 662 g/mol. The topological polar surface area (TPSA) is 132 Å². The zero-order chi connectivity index (χ0) is 32.8. The van der Waals surface area contributed by atoms with Crippen LogP contribution in [0.4, 0.5) is 23.1 Å². The molecule has 1 amide bonds. The number of aromatic nitrogens is 4. The predicted molar refractivity (Wildman–Crippen MR) is 190 cm³/mol. The maximum Gasteiger partial charge on any atom is 0.252 e. The van der Waals surface area contributed by atoms with Crippen molar-refractivity contribution in [3.05, 3.63) is 71.5 Å². The number of anilines is 4. The van der Waals surface area contributed by atoms with Crippen LogP contribution in [-0.2, 0) is 0 Å². The molecule has 0 aliphatic rings. The number of rotatable bonds is 14. The number of hydrogen-bond acceptors (Lipinski definition) is 10. The maximum absolute atomic E-state index is 13.0. The maximum atomic E-state index is 13.0. The first kappa shape index (κ1) is 33.3. The number of fused-ring (bicyclic) bond motifs is 2. The third-order valence-electron chi connectivity index (χ3n) is 7.54. The Balaban J connectivity index is 1.22. The number of imidazole rings is 1. The van der Waals surface area contributed by atoms with Crippen molar-refractivity contribution in [1.29, 1.82) is 0 Å². The summed E-state index contributed by atoms with van der Waals surface area (Å²) in [5.74, 6) is 0.608. The molecule has 5 aromatic rings. The van der Waals surface area contributed by atoms with Crippen molar-refractivity contribution in [2.24, 2.45) is 0 Å². The summed E-state index contributed by atoms with van der Waals surface area (Å²) in [4.78, 5) is 30.1. The zero-order valence-electron chi connectivity index (χ0n) is 26.6. The second-order valence-corrected chi connectivity index (χ2v) is 12.7. The highest BCUT2D eigenvalue weighted by Gasteiger charge is 2.18. The molecule has 0 aliphatic heterocycles. The summed E-state index contributed by atoms with van der Waals surface area (Å²) < 4.78 is 5.32. The molecule has 0 saturated carbocycles. The molecular weight excluding hydrogens is 622 g/mol. The van der Waals surface area contributed by atoms with Gasteiger partial charge in [0.25, 0.3) is 5.91 Å². The summed E-state index contributed by atoms with van der Waals surface area (Å²) in [5.41, 5.74) is 3.45. The number of carbonyl (C=O) groups is 1. The summed E-state index contributed by atoms with van der Waals surface area (Å²) in [6, 6.07) is 17.7. The largest absolute Gasteiger partial charge is 0.394 e. The average Bonchev–Trinajstić information content (AvgIpc) is 3.48. The highest BCUT2D eigenvalue weighted by atomic mass is 35.5. The van der Waals surface area contributed by atoms with Gasteiger partial charge in [0.2, 0.25) is 5.95 Å². The first-order chi connectivity index (χ1) is 22.2. The normalized spacial score (nSPS) is 12.1. The van der Waals surface area contributed by atoms with Crippen LogP contribution in [0.2, 0.25) is 5.02 Å². The van der Waals surface area contributed by atoms with Gasteiger partial charge in [-0.15, -0.1) is 0 Å². The van der Waals surface area contributed by atoms with Crippen molar-refractivity contribution in [2.75, 3.05) is 49.3 Å². The lowest BCUT2D eigenvalue weighted by Crippen LogP contribution is -2.30. The Hall–Kier alpha value is -4.10. The van der Waals surface area contributed by atoms with Crippen molar-refractivity contribution in [2.45, 2.75) is 44.2 Å². The van der Waals surface area contributed by atoms with Crippen molar-refractivity contribution in [1.82, 2.24) is 29.6 Å². The molecule has 0 saturated heterocycles. The number of aliphatic hydroxyl groups is 1. The lowest BCUT2D eigenvalue weighted by atomic mass is 10.1. The third-order valence-corrected chi connectivity index (χ3v) is 8.77. The Morgan fingerprint density at radius 1 is 1.07 bits per heavy atom. The van der Waals surface area contributed by atoms with E-state index in [9.17, 15) is 9.90 Å². The minimum atomic E-state index is -0.259. The fourth-order valence-corrected chi connectivity index (χ4v) is 6.07. The van der Waals surface area contributed by atoms with Crippen LogP contribution >= 0.6 is 23.5 Å². The summed E-state index contributed by atoms with van der Waals surface area (Å²) in [5, 5.41) is 21.8. The minimum Gasteiger partial charge on any atom is -0.394 e. The van der Waals surface area contributed by atoms with Crippen LogP contribution in [0, 0.1) is 0 Å². The van der Waals surface area contributed by atoms with Crippen LogP contribution in [-0.4, -0.2) is 70.4 Å². The van der Waals surface area contributed by atoms with E-state index in [1.165, 1.54) is 16.5 Å². The first-order valence-corrected chi connectivity index (χ1v) is 16.4. The van der Waals surface area contributed by atoms with Crippen LogP contribution < -0.4 is 25.6 Å². The van der Waals surface area contributed by atoms with Gasteiger partial charge in [0.15, 0.2) is 17.0 Å². The molecule has 13 heteroatoms. The van der Waals surface area contributed by atoms with Gasteiger partial charge < -0.3 is 30.5 Å². The first-order valence-electron chi connectivity index (χ1n) is 15.3. The Kier molecular flexibility index (Phi) is 10.8. The van der Waals surface area contributed by atoms with Crippen LogP contribution in [0.25, 0.3) is 21.9 Å². The lowest BCUT2D eigenvalue weighted by Gasteiger charge is -2.17. The predicted octanol–water partition coefficient (Wildman–Crippen LogP) is 6.23. The van der Waals surface area contributed by atoms with Gasteiger partial charge in [0, 0.05) is 54.9 Å². The molecule has 3 aromatic carbocycles. The Bertz CT molecular complexity index is 1820. The molecule has 0 radical (unpaired) electrons. The van der Waals surface area contributed by atoms with Gasteiger partial charge >= 0.3 is 0 Å². The number of carbonyl (C=O) groups excluding carboxylic acids is 1. The molecule has 11 nitrogen and oxygen atoms in total. The molecule has 5 N–H and O–H groups in total. The van der Waals surface area contributed by atoms with E-state index < -0.39 is 0 Å². The molecule has 0 spiro atoms. The Labute approximate surface area is 278 Å². The number of benzene rings is 3. The van der Waals surface area contributed by atoms with Gasteiger partial charge in [-0.05, 0) is 67.9 Å². The van der Waals surface area contributed by atoms with Crippen LogP contribution in [0.1, 0.15) is 43.6 Å². The number of nitrogens with zero attached hydrogens (tertiary/aromatic N) is 5. The third kappa shape index (κ3) is 7.47. The molecule has 0 bridgehead atoms. The lowest BCUT2D eigenvalue weighted by molar-refractivity contribution is 0.0954. The van der Waals surface area contributed by atoms with E-state index in [2.05, 4.69) is 90.8 Å².